The molecular weight excluding hydrogens is 460 g/mol. The van der Waals surface area contributed by atoms with E-state index in [2.05, 4.69) is 143 Å². The van der Waals surface area contributed by atoms with E-state index in [0.29, 0.717) is 0 Å². The van der Waals surface area contributed by atoms with Gasteiger partial charge in [-0.15, -0.1) is 0 Å². The average Bonchev–Trinajstić information content (AvgIpc) is 3.29. The van der Waals surface area contributed by atoms with Gasteiger partial charge in [0.25, 0.3) is 0 Å². The van der Waals surface area contributed by atoms with Gasteiger partial charge in [-0.1, -0.05) is 97.1 Å². The van der Waals surface area contributed by atoms with E-state index in [1.165, 1.54) is 50.3 Å². The van der Waals surface area contributed by atoms with Crippen LogP contribution >= 0.6 is 0 Å². The lowest BCUT2D eigenvalue weighted by atomic mass is 9.64. The number of rotatable bonds is 2. The van der Waals surface area contributed by atoms with Gasteiger partial charge < -0.3 is 4.90 Å². The number of fused-ring (bicyclic) bond motifs is 9. The van der Waals surface area contributed by atoms with Crippen molar-refractivity contribution in [3.63, 3.8) is 0 Å². The van der Waals surface area contributed by atoms with Gasteiger partial charge in [-0.3, -0.25) is 4.98 Å². The van der Waals surface area contributed by atoms with Gasteiger partial charge in [-0.05, 0) is 80.9 Å². The molecule has 1 aromatic heterocycles. The summed E-state index contributed by atoms with van der Waals surface area (Å²) in [5.74, 6) is 0. The van der Waals surface area contributed by atoms with E-state index in [4.69, 9.17) is 0 Å². The molecule has 0 fully saturated rings. The van der Waals surface area contributed by atoms with Gasteiger partial charge >= 0.3 is 0 Å². The lowest BCUT2D eigenvalue weighted by molar-refractivity contribution is 0.753. The maximum Gasteiger partial charge on any atom is 0.0754 e. The van der Waals surface area contributed by atoms with Crippen molar-refractivity contribution >= 4 is 17.1 Å². The Labute approximate surface area is 222 Å². The molecule has 178 valence electrons. The summed E-state index contributed by atoms with van der Waals surface area (Å²) >= 11 is 0. The fraction of sp³-hybridized carbons (Fsp3) is 0.0278. The normalized spacial score (nSPS) is 13.9. The quantitative estimate of drug-likeness (QED) is 0.243. The Bertz CT molecular complexity index is 1780. The summed E-state index contributed by atoms with van der Waals surface area (Å²) < 4.78 is 0. The van der Waals surface area contributed by atoms with Crippen LogP contribution in [0.1, 0.15) is 22.3 Å². The second-order valence-corrected chi connectivity index (χ2v) is 10.00. The van der Waals surface area contributed by atoms with Crippen LogP contribution in [0.3, 0.4) is 0 Å². The van der Waals surface area contributed by atoms with Crippen molar-refractivity contribution in [3.05, 3.63) is 168 Å². The topological polar surface area (TPSA) is 16.1 Å². The molecule has 2 heterocycles. The van der Waals surface area contributed by atoms with Gasteiger partial charge in [0.1, 0.15) is 0 Å². The van der Waals surface area contributed by atoms with Crippen molar-refractivity contribution in [1.82, 2.24) is 4.98 Å². The third-order valence-corrected chi connectivity index (χ3v) is 8.17. The van der Waals surface area contributed by atoms with Crippen molar-refractivity contribution in [3.8, 4) is 22.3 Å². The van der Waals surface area contributed by atoms with E-state index in [9.17, 15) is 0 Å². The second-order valence-electron chi connectivity index (χ2n) is 10.00. The van der Waals surface area contributed by atoms with Crippen molar-refractivity contribution in [2.45, 2.75) is 5.41 Å². The number of aromatic nitrogens is 1. The number of para-hydroxylation sites is 2. The standard InChI is InChI=1S/C36H24N2/c1-2-10-27(11-3-1)38-34-17-9-8-16-32(34)36(30-14-6-4-12-28(30)29-13-5-7-15-31(29)36)33-19-18-26(24-35(33)38)25-20-22-37-23-21-25/h1-24H. The first-order valence-corrected chi connectivity index (χ1v) is 13.1. The zero-order valence-electron chi connectivity index (χ0n) is 20.8. The first-order valence-electron chi connectivity index (χ1n) is 13.1. The monoisotopic (exact) mass is 484 g/mol. The Hall–Kier alpha value is -4.95. The summed E-state index contributed by atoms with van der Waals surface area (Å²) in [7, 11) is 0. The van der Waals surface area contributed by atoms with Crippen molar-refractivity contribution in [1.29, 1.82) is 0 Å². The largest absolute Gasteiger partial charge is 0.310 e. The van der Waals surface area contributed by atoms with Crippen LogP contribution < -0.4 is 4.90 Å². The Morgan fingerprint density at radius 1 is 0.447 bits per heavy atom. The molecular formula is C36H24N2. The first kappa shape index (κ1) is 21.2. The Morgan fingerprint density at radius 3 is 1.74 bits per heavy atom. The smallest absolute Gasteiger partial charge is 0.0754 e. The summed E-state index contributed by atoms with van der Waals surface area (Å²) in [5.41, 5.74) is 13.4. The second kappa shape index (κ2) is 8.03. The molecule has 0 amide bonds. The zero-order chi connectivity index (χ0) is 25.1. The van der Waals surface area contributed by atoms with Crippen LogP contribution in [0.15, 0.2) is 146 Å². The maximum atomic E-state index is 4.25. The number of benzene rings is 5. The molecule has 0 saturated carbocycles. The van der Waals surface area contributed by atoms with Gasteiger partial charge in [-0.25, -0.2) is 0 Å². The minimum absolute atomic E-state index is 0.402. The van der Waals surface area contributed by atoms with Crippen molar-refractivity contribution in [2.75, 3.05) is 4.90 Å². The van der Waals surface area contributed by atoms with E-state index in [-0.39, 0.29) is 0 Å². The molecule has 5 aromatic carbocycles. The van der Waals surface area contributed by atoms with Crippen LogP contribution in [0.2, 0.25) is 0 Å². The highest BCUT2D eigenvalue weighted by atomic mass is 15.2. The Morgan fingerprint density at radius 2 is 1.03 bits per heavy atom. The number of anilines is 3. The van der Waals surface area contributed by atoms with Gasteiger partial charge in [-0.2, -0.15) is 0 Å². The van der Waals surface area contributed by atoms with E-state index in [0.717, 1.165) is 11.3 Å². The summed E-state index contributed by atoms with van der Waals surface area (Å²) in [6.07, 6.45) is 3.73. The molecule has 2 heteroatoms. The van der Waals surface area contributed by atoms with Crippen LogP contribution in [0.5, 0.6) is 0 Å². The van der Waals surface area contributed by atoms with E-state index in [1.807, 2.05) is 12.4 Å². The first-order chi connectivity index (χ1) is 18.9. The number of pyridine rings is 1. The fourth-order valence-electron chi connectivity index (χ4n) is 6.69. The molecule has 8 rings (SSSR count). The number of hydrogen-bond donors (Lipinski definition) is 0. The van der Waals surface area contributed by atoms with Crippen LogP contribution in [0, 0.1) is 0 Å². The van der Waals surface area contributed by atoms with Crippen molar-refractivity contribution < 1.29 is 0 Å². The zero-order valence-corrected chi connectivity index (χ0v) is 20.8. The molecule has 0 radical (unpaired) electrons. The fourth-order valence-corrected chi connectivity index (χ4v) is 6.69. The highest BCUT2D eigenvalue weighted by Crippen LogP contribution is 2.63. The Kier molecular flexibility index (Phi) is 4.47. The molecule has 1 spiro atoms. The molecule has 0 N–H and O–H groups in total. The average molecular weight is 485 g/mol. The summed E-state index contributed by atoms with van der Waals surface area (Å²) in [4.78, 5) is 6.68. The SMILES string of the molecule is c1ccc(N2c3ccccc3C3(c4ccccc4-c4ccccc43)c3ccc(-c4ccncc4)cc32)cc1. The van der Waals surface area contributed by atoms with Crippen LogP contribution in [0.4, 0.5) is 17.1 Å². The number of nitrogens with zero attached hydrogens (tertiary/aromatic N) is 2. The summed E-state index contributed by atoms with van der Waals surface area (Å²) in [5, 5.41) is 0. The molecule has 1 aliphatic heterocycles. The minimum Gasteiger partial charge on any atom is -0.310 e. The van der Waals surface area contributed by atoms with E-state index >= 15 is 0 Å². The molecule has 6 aromatic rings. The van der Waals surface area contributed by atoms with E-state index in [1.54, 1.807) is 0 Å². The third kappa shape index (κ3) is 2.75. The predicted octanol–water partition coefficient (Wildman–Crippen LogP) is 8.89. The summed E-state index contributed by atoms with van der Waals surface area (Å²) in [6.45, 7) is 0. The minimum atomic E-state index is -0.402. The predicted molar refractivity (Wildman–Crippen MR) is 155 cm³/mol. The molecule has 0 saturated heterocycles. The van der Waals surface area contributed by atoms with Gasteiger partial charge in [0.2, 0.25) is 0 Å². The lowest BCUT2D eigenvalue weighted by Crippen LogP contribution is -2.36. The van der Waals surface area contributed by atoms with Crippen LogP contribution in [-0.2, 0) is 5.41 Å². The molecule has 2 nitrogen and oxygen atoms in total. The molecule has 1 aliphatic carbocycles. The van der Waals surface area contributed by atoms with Crippen LogP contribution in [0.25, 0.3) is 22.3 Å². The van der Waals surface area contributed by atoms with Crippen LogP contribution in [-0.4, -0.2) is 4.98 Å². The molecule has 2 aliphatic rings. The summed E-state index contributed by atoms with van der Waals surface area (Å²) in [6, 6.07) is 48.7. The highest BCUT2D eigenvalue weighted by Gasteiger charge is 2.51. The van der Waals surface area contributed by atoms with Gasteiger partial charge in [0.05, 0.1) is 16.8 Å². The van der Waals surface area contributed by atoms with E-state index < -0.39 is 5.41 Å². The molecule has 0 unspecified atom stereocenters. The molecule has 0 atom stereocenters. The third-order valence-electron chi connectivity index (χ3n) is 8.17. The molecule has 38 heavy (non-hydrogen) atoms. The van der Waals surface area contributed by atoms with Gasteiger partial charge in [0.15, 0.2) is 0 Å². The number of hydrogen-bond acceptors (Lipinski definition) is 2. The highest BCUT2D eigenvalue weighted by molar-refractivity contribution is 5.96. The molecule has 0 bridgehead atoms. The maximum absolute atomic E-state index is 4.25. The van der Waals surface area contributed by atoms with Gasteiger partial charge in [0, 0.05) is 18.1 Å². The van der Waals surface area contributed by atoms with Crippen molar-refractivity contribution in [2.24, 2.45) is 0 Å². The lowest BCUT2D eigenvalue weighted by Gasteiger charge is -2.45. The Balaban J connectivity index is 1.53.